The molecular weight excluding hydrogens is 288 g/mol. The van der Waals surface area contributed by atoms with Gasteiger partial charge in [-0.2, -0.15) is 0 Å². The van der Waals surface area contributed by atoms with Crippen molar-refractivity contribution in [2.45, 2.75) is 38.5 Å². The smallest absolute Gasteiger partial charge is 0.254 e. The first-order chi connectivity index (χ1) is 11.1. The van der Waals surface area contributed by atoms with Crippen LogP contribution in [0.25, 0.3) is 0 Å². The quantitative estimate of drug-likeness (QED) is 0.927. The molecule has 4 bridgehead atoms. The SMILES string of the molecule is CNC(=O)c1cnc(N(C)CC23CC4CC(CC(C4)C2)C3)nc1. The molecule has 5 rings (SSSR count). The number of nitrogens with zero attached hydrogens (tertiary/aromatic N) is 3. The summed E-state index contributed by atoms with van der Waals surface area (Å²) < 4.78 is 0. The van der Waals surface area contributed by atoms with Crippen molar-refractivity contribution in [3.8, 4) is 0 Å². The molecule has 4 aliphatic rings. The van der Waals surface area contributed by atoms with Gasteiger partial charge >= 0.3 is 0 Å². The summed E-state index contributed by atoms with van der Waals surface area (Å²) in [6.07, 6.45) is 11.8. The molecule has 0 unspecified atom stereocenters. The number of rotatable bonds is 4. The van der Waals surface area contributed by atoms with Crippen LogP contribution in [0.3, 0.4) is 0 Å². The number of aromatic nitrogens is 2. The second-order valence-corrected chi connectivity index (χ2v) is 8.12. The fourth-order valence-electron chi connectivity index (χ4n) is 5.84. The van der Waals surface area contributed by atoms with E-state index in [1.807, 2.05) is 0 Å². The van der Waals surface area contributed by atoms with Gasteiger partial charge in [0.05, 0.1) is 5.56 Å². The third kappa shape index (κ3) is 2.70. The lowest BCUT2D eigenvalue weighted by Gasteiger charge is -2.57. The summed E-state index contributed by atoms with van der Waals surface area (Å²) in [7, 11) is 3.71. The van der Waals surface area contributed by atoms with Crippen LogP contribution in [0.2, 0.25) is 0 Å². The zero-order valence-electron chi connectivity index (χ0n) is 14.1. The van der Waals surface area contributed by atoms with Crippen LogP contribution in [0.5, 0.6) is 0 Å². The zero-order valence-corrected chi connectivity index (χ0v) is 14.1. The minimum absolute atomic E-state index is 0.139. The molecule has 0 aromatic carbocycles. The van der Waals surface area contributed by atoms with Crippen molar-refractivity contribution >= 4 is 11.9 Å². The van der Waals surface area contributed by atoms with Gasteiger partial charge in [0.1, 0.15) is 0 Å². The van der Waals surface area contributed by atoms with E-state index < -0.39 is 0 Å². The average Bonchev–Trinajstić information content (AvgIpc) is 2.52. The maximum atomic E-state index is 11.6. The van der Waals surface area contributed by atoms with Crippen molar-refractivity contribution in [3.63, 3.8) is 0 Å². The van der Waals surface area contributed by atoms with Crippen LogP contribution in [0.4, 0.5) is 5.95 Å². The van der Waals surface area contributed by atoms with Crippen molar-refractivity contribution in [2.75, 3.05) is 25.5 Å². The van der Waals surface area contributed by atoms with Crippen molar-refractivity contribution in [2.24, 2.45) is 23.2 Å². The van der Waals surface area contributed by atoms with Crippen LogP contribution >= 0.6 is 0 Å². The molecule has 0 spiro atoms. The van der Waals surface area contributed by atoms with E-state index in [2.05, 4.69) is 27.2 Å². The van der Waals surface area contributed by atoms with Gasteiger partial charge in [0.15, 0.2) is 0 Å². The van der Waals surface area contributed by atoms with Crippen LogP contribution in [0.1, 0.15) is 48.9 Å². The number of carbonyl (C=O) groups excluding carboxylic acids is 1. The second-order valence-electron chi connectivity index (χ2n) is 8.12. The lowest BCUT2D eigenvalue weighted by Crippen LogP contribution is -2.50. The van der Waals surface area contributed by atoms with Gasteiger partial charge in [0.2, 0.25) is 5.95 Å². The molecule has 5 heteroatoms. The fourth-order valence-corrected chi connectivity index (χ4v) is 5.84. The van der Waals surface area contributed by atoms with Crippen molar-refractivity contribution < 1.29 is 4.79 Å². The van der Waals surface area contributed by atoms with E-state index in [1.165, 1.54) is 38.5 Å². The maximum absolute atomic E-state index is 11.6. The second kappa shape index (κ2) is 5.46. The van der Waals surface area contributed by atoms with E-state index in [0.717, 1.165) is 30.2 Å². The molecule has 4 fully saturated rings. The highest BCUT2D eigenvalue weighted by molar-refractivity contribution is 5.93. The number of anilines is 1. The minimum Gasteiger partial charge on any atom is -0.355 e. The molecule has 1 aromatic heterocycles. The van der Waals surface area contributed by atoms with Gasteiger partial charge < -0.3 is 10.2 Å². The number of hydrogen-bond acceptors (Lipinski definition) is 4. The van der Waals surface area contributed by atoms with Crippen LogP contribution in [-0.4, -0.2) is 36.5 Å². The van der Waals surface area contributed by atoms with Crippen LogP contribution in [0, 0.1) is 23.2 Å². The average molecular weight is 314 g/mol. The molecule has 124 valence electrons. The highest BCUT2D eigenvalue weighted by Gasteiger charge is 2.51. The minimum atomic E-state index is -0.139. The third-order valence-electron chi connectivity index (χ3n) is 6.21. The normalized spacial score (nSPS) is 34.4. The molecule has 0 aliphatic heterocycles. The lowest BCUT2D eigenvalue weighted by atomic mass is 9.49. The molecule has 4 aliphatic carbocycles. The molecular formula is C18H26N4O. The standard InChI is InChI=1S/C18H26N4O/c1-19-16(23)15-9-20-17(21-10-15)22(2)11-18-6-12-3-13(7-18)5-14(4-12)8-18/h9-10,12-14H,3-8,11H2,1-2H3,(H,19,23). The number of carbonyl (C=O) groups is 1. The summed E-state index contributed by atoms with van der Waals surface area (Å²) in [4.78, 5) is 22.6. The summed E-state index contributed by atoms with van der Waals surface area (Å²) in [6, 6.07) is 0. The summed E-state index contributed by atoms with van der Waals surface area (Å²) in [6.45, 7) is 1.05. The Labute approximate surface area is 137 Å². The van der Waals surface area contributed by atoms with Gasteiger partial charge in [-0.05, 0) is 61.7 Å². The van der Waals surface area contributed by atoms with Gasteiger partial charge in [-0.25, -0.2) is 9.97 Å². The predicted molar refractivity (Wildman–Crippen MR) is 89.3 cm³/mol. The van der Waals surface area contributed by atoms with Gasteiger partial charge in [-0.3, -0.25) is 4.79 Å². The summed E-state index contributed by atoms with van der Waals surface area (Å²) in [5, 5.41) is 2.60. The Morgan fingerprint density at radius 3 is 2.17 bits per heavy atom. The lowest BCUT2D eigenvalue weighted by molar-refractivity contribution is -0.0473. The maximum Gasteiger partial charge on any atom is 0.254 e. The number of nitrogens with one attached hydrogen (secondary N) is 1. The number of amides is 1. The third-order valence-corrected chi connectivity index (χ3v) is 6.21. The van der Waals surface area contributed by atoms with Crippen LogP contribution in [0.15, 0.2) is 12.4 Å². The molecule has 1 amide bonds. The first-order valence-corrected chi connectivity index (χ1v) is 8.82. The van der Waals surface area contributed by atoms with Gasteiger partial charge in [0.25, 0.3) is 5.91 Å². The van der Waals surface area contributed by atoms with Gasteiger partial charge in [-0.1, -0.05) is 0 Å². The zero-order chi connectivity index (χ0) is 16.0. The first-order valence-electron chi connectivity index (χ1n) is 8.82. The molecule has 0 atom stereocenters. The monoisotopic (exact) mass is 314 g/mol. The Morgan fingerprint density at radius 1 is 1.17 bits per heavy atom. The van der Waals surface area contributed by atoms with E-state index in [1.54, 1.807) is 19.4 Å². The van der Waals surface area contributed by atoms with E-state index in [4.69, 9.17) is 0 Å². The van der Waals surface area contributed by atoms with Crippen molar-refractivity contribution in [1.29, 1.82) is 0 Å². The number of hydrogen-bond donors (Lipinski definition) is 1. The van der Waals surface area contributed by atoms with E-state index in [9.17, 15) is 4.79 Å². The highest BCUT2D eigenvalue weighted by Crippen LogP contribution is 2.60. The Bertz CT molecular complexity index is 562. The van der Waals surface area contributed by atoms with Crippen LogP contribution < -0.4 is 10.2 Å². The Hall–Kier alpha value is -1.65. The predicted octanol–water partition coefficient (Wildman–Crippen LogP) is 2.49. The van der Waals surface area contributed by atoms with Crippen molar-refractivity contribution in [3.05, 3.63) is 18.0 Å². The molecule has 1 aromatic rings. The largest absolute Gasteiger partial charge is 0.355 e. The van der Waals surface area contributed by atoms with Gasteiger partial charge in [0, 0.05) is 33.0 Å². The van der Waals surface area contributed by atoms with Crippen molar-refractivity contribution in [1.82, 2.24) is 15.3 Å². The first kappa shape index (κ1) is 14.9. The summed E-state index contributed by atoms with van der Waals surface area (Å²) >= 11 is 0. The van der Waals surface area contributed by atoms with E-state index in [0.29, 0.717) is 11.0 Å². The molecule has 0 saturated heterocycles. The molecule has 0 radical (unpaired) electrons. The summed E-state index contributed by atoms with van der Waals surface area (Å²) in [5.74, 6) is 3.48. The fraction of sp³-hybridized carbons (Fsp3) is 0.722. The molecule has 5 nitrogen and oxygen atoms in total. The van der Waals surface area contributed by atoms with E-state index in [-0.39, 0.29) is 5.91 Å². The van der Waals surface area contributed by atoms with Gasteiger partial charge in [-0.15, -0.1) is 0 Å². The Balaban J connectivity index is 1.47. The molecule has 1 N–H and O–H groups in total. The van der Waals surface area contributed by atoms with E-state index >= 15 is 0 Å². The molecule has 4 saturated carbocycles. The van der Waals surface area contributed by atoms with Crippen LogP contribution in [-0.2, 0) is 0 Å². The Kier molecular flexibility index (Phi) is 3.54. The summed E-state index contributed by atoms with van der Waals surface area (Å²) in [5.41, 5.74) is 0.992. The molecule has 23 heavy (non-hydrogen) atoms. The Morgan fingerprint density at radius 2 is 1.70 bits per heavy atom. The molecule has 1 heterocycles. The highest BCUT2D eigenvalue weighted by atomic mass is 16.1. The topological polar surface area (TPSA) is 58.1 Å².